The third-order valence-corrected chi connectivity index (χ3v) is 4.81. The van der Waals surface area contributed by atoms with Gasteiger partial charge in [-0.05, 0) is 49.1 Å². The van der Waals surface area contributed by atoms with E-state index in [4.69, 9.17) is 0 Å². The van der Waals surface area contributed by atoms with Gasteiger partial charge < -0.3 is 4.98 Å². The predicted molar refractivity (Wildman–Crippen MR) is 97.3 cm³/mol. The molecule has 1 aromatic carbocycles. The summed E-state index contributed by atoms with van der Waals surface area (Å²) in [6.45, 7) is 11.8. The van der Waals surface area contributed by atoms with E-state index in [9.17, 15) is 9.59 Å². The van der Waals surface area contributed by atoms with Gasteiger partial charge in [0.05, 0.1) is 9.20 Å². The Morgan fingerprint density at radius 1 is 1.09 bits per heavy atom. The van der Waals surface area contributed by atoms with E-state index in [-0.39, 0.29) is 11.3 Å². The maximum Gasteiger partial charge on any atom is 0.266 e. The Balaban J connectivity index is 2.55. The number of H-pyrrole nitrogens is 1. The third kappa shape index (κ3) is 4.08. The highest BCUT2D eigenvalue weighted by atomic mass is 32.1. The molecule has 0 spiro atoms. The minimum Gasteiger partial charge on any atom is -0.313 e. The monoisotopic (exact) mass is 329 g/mol. The Morgan fingerprint density at radius 3 is 2.30 bits per heavy atom. The highest BCUT2D eigenvalue weighted by Gasteiger charge is 2.18. The van der Waals surface area contributed by atoms with E-state index in [0.717, 1.165) is 11.1 Å². The average Bonchev–Trinajstić information content (AvgIpc) is 2.75. The largest absolute Gasteiger partial charge is 0.313 e. The standard InChI is InChI=1S/C19H23NO2S/c1-11-7-13(3)14(8-12(11)2)9-15-18(22)20-17(23-15)10-16(21)19(4,5)6/h7-10H,1-6H3,(H,20,22)/b15-9-,17-10-. The molecule has 0 unspecified atom stereocenters. The number of hydrogen-bond acceptors (Lipinski definition) is 3. The summed E-state index contributed by atoms with van der Waals surface area (Å²) in [7, 11) is 0. The lowest BCUT2D eigenvalue weighted by atomic mass is 9.91. The fourth-order valence-electron chi connectivity index (χ4n) is 2.14. The molecule has 2 rings (SSSR count). The van der Waals surface area contributed by atoms with Crippen LogP contribution in [-0.2, 0) is 4.79 Å². The van der Waals surface area contributed by atoms with Crippen LogP contribution in [0.1, 0.15) is 43.0 Å². The lowest BCUT2D eigenvalue weighted by molar-refractivity contribution is -0.119. The van der Waals surface area contributed by atoms with Crippen LogP contribution in [0, 0.1) is 26.2 Å². The molecule has 1 heterocycles. The van der Waals surface area contributed by atoms with Crippen LogP contribution in [0.2, 0.25) is 0 Å². The molecule has 0 saturated heterocycles. The maximum absolute atomic E-state index is 12.1. The molecule has 3 nitrogen and oxygen atoms in total. The van der Waals surface area contributed by atoms with E-state index in [1.165, 1.54) is 28.5 Å². The summed E-state index contributed by atoms with van der Waals surface area (Å²) in [5.74, 6) is 0.00362. The van der Waals surface area contributed by atoms with Gasteiger partial charge in [0.2, 0.25) is 0 Å². The van der Waals surface area contributed by atoms with Crippen molar-refractivity contribution in [2.45, 2.75) is 41.5 Å². The zero-order chi connectivity index (χ0) is 17.4. The fourth-order valence-corrected chi connectivity index (χ4v) is 3.02. The minimum absolute atomic E-state index is 0.00362. The second-order valence-corrected chi connectivity index (χ2v) is 8.06. The Labute approximate surface area is 140 Å². The topological polar surface area (TPSA) is 49.9 Å². The van der Waals surface area contributed by atoms with Crippen molar-refractivity contribution < 1.29 is 4.79 Å². The zero-order valence-electron chi connectivity index (χ0n) is 14.5. The van der Waals surface area contributed by atoms with Gasteiger partial charge in [0.25, 0.3) is 5.56 Å². The number of aromatic amines is 1. The van der Waals surface area contributed by atoms with Crippen LogP contribution in [0.15, 0.2) is 16.9 Å². The number of carbonyl (C=O) groups is 1. The number of aromatic nitrogens is 1. The molecule has 1 aromatic heterocycles. The molecule has 0 fully saturated rings. The van der Waals surface area contributed by atoms with Crippen LogP contribution in [0.3, 0.4) is 0 Å². The summed E-state index contributed by atoms with van der Waals surface area (Å²) in [6.07, 6.45) is 3.42. The molecule has 4 heteroatoms. The number of aryl methyl sites for hydroxylation is 3. The zero-order valence-corrected chi connectivity index (χ0v) is 15.4. The number of rotatable bonds is 2. The summed E-state index contributed by atoms with van der Waals surface area (Å²) in [5.41, 5.74) is 4.01. The first kappa shape index (κ1) is 17.4. The second kappa shape index (κ2) is 6.28. The van der Waals surface area contributed by atoms with Gasteiger partial charge in [-0.3, -0.25) is 9.59 Å². The molecular weight excluding hydrogens is 306 g/mol. The van der Waals surface area contributed by atoms with Gasteiger partial charge in [-0.2, -0.15) is 0 Å². The molecule has 0 radical (unpaired) electrons. The van der Waals surface area contributed by atoms with E-state index in [1.807, 2.05) is 33.8 Å². The summed E-state index contributed by atoms with van der Waals surface area (Å²) in [4.78, 5) is 27.0. The molecule has 0 aliphatic carbocycles. The van der Waals surface area contributed by atoms with Crippen LogP contribution in [0.25, 0.3) is 12.2 Å². The molecule has 0 aliphatic rings. The number of nitrogens with one attached hydrogen (secondary N) is 1. The number of ketones is 1. The first-order valence-corrected chi connectivity index (χ1v) is 8.44. The first-order valence-electron chi connectivity index (χ1n) is 7.63. The Morgan fingerprint density at radius 2 is 1.70 bits per heavy atom. The van der Waals surface area contributed by atoms with E-state index >= 15 is 0 Å². The van der Waals surface area contributed by atoms with Gasteiger partial charge >= 0.3 is 0 Å². The normalized spacial score (nSPS) is 13.7. The van der Waals surface area contributed by atoms with Gasteiger partial charge in [0, 0.05) is 11.5 Å². The number of carbonyl (C=O) groups excluding carboxylic acids is 1. The fraction of sp³-hybridized carbons (Fsp3) is 0.368. The van der Waals surface area contributed by atoms with Crippen LogP contribution < -0.4 is 14.8 Å². The van der Waals surface area contributed by atoms with Gasteiger partial charge in [0.15, 0.2) is 5.78 Å². The summed E-state index contributed by atoms with van der Waals surface area (Å²) in [5, 5.41) is 0. The molecule has 0 aliphatic heterocycles. The Bertz CT molecular complexity index is 924. The van der Waals surface area contributed by atoms with Crippen molar-refractivity contribution in [1.82, 2.24) is 4.98 Å². The van der Waals surface area contributed by atoms with Crippen molar-refractivity contribution in [2.75, 3.05) is 0 Å². The molecular formula is C19H23NO2S. The van der Waals surface area contributed by atoms with Crippen molar-refractivity contribution >= 4 is 29.3 Å². The van der Waals surface area contributed by atoms with E-state index in [2.05, 4.69) is 31.0 Å². The third-order valence-electron chi connectivity index (χ3n) is 3.85. The first-order chi connectivity index (χ1) is 10.6. The summed E-state index contributed by atoms with van der Waals surface area (Å²) < 4.78 is 1.21. The van der Waals surface area contributed by atoms with E-state index in [1.54, 1.807) is 0 Å². The average molecular weight is 329 g/mol. The summed E-state index contributed by atoms with van der Waals surface area (Å²) in [6, 6.07) is 4.21. The van der Waals surface area contributed by atoms with Gasteiger partial charge in [-0.15, -0.1) is 11.3 Å². The Hall–Kier alpha value is -1.94. The number of hydrogen-bond donors (Lipinski definition) is 1. The van der Waals surface area contributed by atoms with Crippen LogP contribution in [0.4, 0.5) is 0 Å². The van der Waals surface area contributed by atoms with Gasteiger partial charge in [-0.1, -0.05) is 32.9 Å². The van der Waals surface area contributed by atoms with Crippen LogP contribution >= 0.6 is 11.3 Å². The predicted octanol–water partition coefficient (Wildman–Crippen LogP) is 2.59. The number of benzene rings is 1. The smallest absolute Gasteiger partial charge is 0.266 e. The van der Waals surface area contributed by atoms with E-state index in [0.29, 0.717) is 9.20 Å². The van der Waals surface area contributed by atoms with Crippen molar-refractivity contribution in [1.29, 1.82) is 0 Å². The van der Waals surface area contributed by atoms with Crippen molar-refractivity contribution in [3.63, 3.8) is 0 Å². The molecule has 0 amide bonds. The maximum atomic E-state index is 12.1. The number of Topliss-reactive ketones (excluding diaryl/α,β-unsaturated/α-hetero) is 1. The summed E-state index contributed by atoms with van der Waals surface area (Å²) >= 11 is 1.32. The highest BCUT2D eigenvalue weighted by Crippen LogP contribution is 2.16. The molecule has 1 N–H and O–H groups in total. The molecule has 0 saturated carbocycles. The van der Waals surface area contributed by atoms with Crippen LogP contribution in [-0.4, -0.2) is 10.8 Å². The molecule has 23 heavy (non-hydrogen) atoms. The van der Waals surface area contributed by atoms with Crippen LogP contribution in [0.5, 0.6) is 0 Å². The van der Waals surface area contributed by atoms with Crippen molar-refractivity contribution in [3.05, 3.63) is 53.9 Å². The molecule has 0 atom stereocenters. The van der Waals surface area contributed by atoms with Crippen molar-refractivity contribution in [3.8, 4) is 0 Å². The number of thiazole rings is 1. The molecule has 0 bridgehead atoms. The quantitative estimate of drug-likeness (QED) is 0.921. The lowest BCUT2D eigenvalue weighted by Crippen LogP contribution is -2.22. The van der Waals surface area contributed by atoms with E-state index < -0.39 is 5.41 Å². The highest BCUT2D eigenvalue weighted by molar-refractivity contribution is 7.07. The SMILES string of the molecule is Cc1cc(C)c(/C=c2\s/c(=C\C(=O)C(C)(C)C)[nH]c2=O)cc1C. The molecule has 122 valence electrons. The second-order valence-electron chi connectivity index (χ2n) is 6.98. The Kier molecular flexibility index (Phi) is 4.76. The van der Waals surface area contributed by atoms with Crippen molar-refractivity contribution in [2.24, 2.45) is 5.41 Å². The minimum atomic E-state index is -0.449. The lowest BCUT2D eigenvalue weighted by Gasteiger charge is -2.12. The van der Waals surface area contributed by atoms with Gasteiger partial charge in [-0.25, -0.2) is 0 Å². The molecule has 2 aromatic rings. The van der Waals surface area contributed by atoms with Gasteiger partial charge in [0.1, 0.15) is 0 Å².